The highest BCUT2D eigenvalue weighted by atomic mass is 32.2. The largest absolute Gasteiger partial charge is 0.386 e. The zero-order valence-electron chi connectivity index (χ0n) is 11.2. The number of nitrogens with zero attached hydrogens (tertiary/aromatic N) is 1. The molecule has 2 rings (SSSR count). The summed E-state index contributed by atoms with van der Waals surface area (Å²) < 4.78 is 23.0. The number of β-amino-alcohol motifs (C(OH)–C–C–N with tert-alkyl or cyclic N) is 1. The van der Waals surface area contributed by atoms with Crippen LogP contribution in [0, 0.1) is 6.92 Å². The highest BCUT2D eigenvalue weighted by Gasteiger charge is 2.40. The van der Waals surface area contributed by atoms with Crippen LogP contribution in [0.25, 0.3) is 0 Å². The summed E-state index contributed by atoms with van der Waals surface area (Å²) >= 11 is 0. The first-order valence-electron chi connectivity index (χ1n) is 5.92. The molecule has 1 aromatic rings. The quantitative estimate of drug-likeness (QED) is 0.862. The number of hydrogen-bond acceptors (Lipinski definition) is 4. The van der Waals surface area contributed by atoms with E-state index in [9.17, 15) is 18.3 Å². The predicted molar refractivity (Wildman–Crippen MR) is 70.8 cm³/mol. The van der Waals surface area contributed by atoms with E-state index < -0.39 is 15.4 Å². The lowest BCUT2D eigenvalue weighted by atomic mass is 9.95. The zero-order chi connectivity index (χ0) is 14.4. The van der Waals surface area contributed by atoms with Crippen molar-refractivity contribution in [1.29, 1.82) is 0 Å². The predicted octanol–water partition coefficient (Wildman–Crippen LogP) is 0.605. The van der Waals surface area contributed by atoms with Crippen molar-refractivity contribution in [1.82, 2.24) is 4.90 Å². The average molecular weight is 283 g/mol. The molecule has 0 unspecified atom stereocenters. The highest BCUT2D eigenvalue weighted by Crippen LogP contribution is 2.24. The van der Waals surface area contributed by atoms with E-state index in [0.29, 0.717) is 5.56 Å². The van der Waals surface area contributed by atoms with E-state index in [2.05, 4.69) is 0 Å². The van der Waals surface area contributed by atoms with Gasteiger partial charge in [-0.1, -0.05) is 6.07 Å². The van der Waals surface area contributed by atoms with Crippen LogP contribution in [0.5, 0.6) is 0 Å². The fraction of sp³-hybridized carbons (Fsp3) is 0.462. The second kappa shape index (κ2) is 4.31. The lowest BCUT2D eigenvalue weighted by Gasteiger charge is -2.44. The first-order valence-corrected chi connectivity index (χ1v) is 7.82. The van der Waals surface area contributed by atoms with Crippen LogP contribution in [0.1, 0.15) is 22.8 Å². The summed E-state index contributed by atoms with van der Waals surface area (Å²) in [5.41, 5.74) is 0.264. The second-order valence-corrected chi connectivity index (χ2v) is 7.42. The van der Waals surface area contributed by atoms with Gasteiger partial charge >= 0.3 is 0 Å². The third-order valence-corrected chi connectivity index (χ3v) is 4.33. The SMILES string of the molecule is Cc1ccc(S(C)(=O)=O)cc1C(=O)N1CC(C)(O)C1. The van der Waals surface area contributed by atoms with Gasteiger partial charge in [0.1, 0.15) is 0 Å². The van der Waals surface area contributed by atoms with Gasteiger partial charge < -0.3 is 10.0 Å². The van der Waals surface area contributed by atoms with Crippen molar-refractivity contribution in [3.63, 3.8) is 0 Å². The molecule has 1 fully saturated rings. The molecule has 0 aliphatic carbocycles. The van der Waals surface area contributed by atoms with Crippen molar-refractivity contribution in [2.24, 2.45) is 0 Å². The monoisotopic (exact) mass is 283 g/mol. The molecule has 1 amide bonds. The fourth-order valence-corrected chi connectivity index (χ4v) is 2.80. The maximum Gasteiger partial charge on any atom is 0.254 e. The van der Waals surface area contributed by atoms with E-state index in [1.165, 1.54) is 17.0 Å². The number of likely N-dealkylation sites (tertiary alicyclic amines) is 1. The fourth-order valence-electron chi connectivity index (χ4n) is 2.15. The Bertz CT molecular complexity index is 626. The maximum absolute atomic E-state index is 12.2. The molecule has 0 spiro atoms. The second-order valence-electron chi connectivity index (χ2n) is 5.41. The summed E-state index contributed by atoms with van der Waals surface area (Å²) in [6, 6.07) is 4.52. The van der Waals surface area contributed by atoms with Crippen LogP contribution in [0.3, 0.4) is 0 Å². The Labute approximate surface area is 112 Å². The van der Waals surface area contributed by atoms with Gasteiger partial charge in [0.2, 0.25) is 0 Å². The van der Waals surface area contributed by atoms with Crippen molar-refractivity contribution in [2.45, 2.75) is 24.3 Å². The first kappa shape index (κ1) is 14.0. The molecule has 0 aromatic heterocycles. The van der Waals surface area contributed by atoms with Crippen LogP contribution in [0.4, 0.5) is 0 Å². The molecular formula is C13H17NO4S. The lowest BCUT2D eigenvalue weighted by molar-refractivity contribution is -0.0669. The number of carbonyl (C=O) groups excluding carboxylic acids is 1. The number of rotatable bonds is 2. The summed E-state index contributed by atoms with van der Waals surface area (Å²) in [4.78, 5) is 13.9. The Hall–Kier alpha value is -1.40. The molecule has 0 radical (unpaired) electrons. The topological polar surface area (TPSA) is 74.7 Å². The molecule has 1 heterocycles. The number of hydrogen-bond donors (Lipinski definition) is 1. The molecule has 19 heavy (non-hydrogen) atoms. The van der Waals surface area contributed by atoms with Gasteiger partial charge in [0.05, 0.1) is 23.6 Å². The van der Waals surface area contributed by atoms with Crippen LogP contribution in [-0.4, -0.2) is 49.3 Å². The van der Waals surface area contributed by atoms with E-state index >= 15 is 0 Å². The summed E-state index contributed by atoms with van der Waals surface area (Å²) in [6.45, 7) is 3.97. The third-order valence-electron chi connectivity index (χ3n) is 3.22. The van der Waals surface area contributed by atoms with Crippen LogP contribution in [0.15, 0.2) is 23.1 Å². The van der Waals surface area contributed by atoms with E-state index in [1.807, 2.05) is 0 Å². The van der Waals surface area contributed by atoms with Gasteiger partial charge in [-0.05, 0) is 31.5 Å². The van der Waals surface area contributed by atoms with E-state index in [4.69, 9.17) is 0 Å². The Morgan fingerprint density at radius 2 is 1.95 bits per heavy atom. The normalized spacial score (nSPS) is 18.0. The molecule has 0 saturated carbocycles. The van der Waals surface area contributed by atoms with Gasteiger partial charge in [-0.2, -0.15) is 0 Å². The molecule has 1 aromatic carbocycles. The number of aliphatic hydroxyl groups is 1. The van der Waals surface area contributed by atoms with Crippen molar-refractivity contribution >= 4 is 15.7 Å². The van der Waals surface area contributed by atoms with Gasteiger partial charge in [0.25, 0.3) is 5.91 Å². The molecule has 104 valence electrons. The molecule has 6 heteroatoms. The Morgan fingerprint density at radius 1 is 1.37 bits per heavy atom. The molecule has 0 bridgehead atoms. The number of amides is 1. The highest BCUT2D eigenvalue weighted by molar-refractivity contribution is 7.90. The van der Waals surface area contributed by atoms with Gasteiger partial charge in [-0.25, -0.2) is 8.42 Å². The Kier molecular flexibility index (Phi) is 3.18. The zero-order valence-corrected chi connectivity index (χ0v) is 12.0. The number of aryl methyl sites for hydroxylation is 1. The van der Waals surface area contributed by atoms with Crippen molar-refractivity contribution in [3.05, 3.63) is 29.3 Å². The minimum Gasteiger partial charge on any atom is -0.386 e. The third kappa shape index (κ3) is 2.79. The number of benzene rings is 1. The number of carbonyl (C=O) groups is 1. The molecule has 1 saturated heterocycles. The van der Waals surface area contributed by atoms with Crippen LogP contribution >= 0.6 is 0 Å². The van der Waals surface area contributed by atoms with Gasteiger partial charge in [0, 0.05) is 11.8 Å². The molecule has 1 aliphatic heterocycles. The Balaban J connectivity index is 2.32. The van der Waals surface area contributed by atoms with E-state index in [0.717, 1.165) is 11.8 Å². The summed E-state index contributed by atoms with van der Waals surface area (Å²) in [7, 11) is -3.33. The van der Waals surface area contributed by atoms with Crippen molar-refractivity contribution in [3.8, 4) is 0 Å². The first-order chi connectivity index (χ1) is 8.60. The van der Waals surface area contributed by atoms with Gasteiger partial charge in [-0.15, -0.1) is 0 Å². The maximum atomic E-state index is 12.2. The molecule has 5 nitrogen and oxygen atoms in total. The van der Waals surface area contributed by atoms with Crippen LogP contribution in [0.2, 0.25) is 0 Å². The summed E-state index contributed by atoms with van der Waals surface area (Å²) in [5.74, 6) is -0.241. The van der Waals surface area contributed by atoms with Crippen molar-refractivity contribution in [2.75, 3.05) is 19.3 Å². The van der Waals surface area contributed by atoms with Crippen LogP contribution < -0.4 is 0 Å². The average Bonchev–Trinajstić information content (AvgIpc) is 2.23. The molecule has 1 N–H and O–H groups in total. The standard InChI is InChI=1S/C13H17NO4S/c1-9-4-5-10(19(3,17)18)6-11(9)12(15)14-7-13(2,16)8-14/h4-6,16H,7-8H2,1-3H3. The smallest absolute Gasteiger partial charge is 0.254 e. The summed E-state index contributed by atoms with van der Waals surface area (Å²) in [5, 5.41) is 9.64. The summed E-state index contributed by atoms with van der Waals surface area (Å²) in [6.07, 6.45) is 1.11. The van der Waals surface area contributed by atoms with E-state index in [1.54, 1.807) is 19.9 Å². The van der Waals surface area contributed by atoms with Gasteiger partial charge in [0.15, 0.2) is 9.84 Å². The Morgan fingerprint density at radius 3 is 2.42 bits per heavy atom. The molecule has 1 aliphatic rings. The number of sulfone groups is 1. The molecule has 0 atom stereocenters. The van der Waals surface area contributed by atoms with E-state index in [-0.39, 0.29) is 23.9 Å². The minimum atomic E-state index is -3.33. The molecular weight excluding hydrogens is 266 g/mol. The van der Waals surface area contributed by atoms with Crippen molar-refractivity contribution < 1.29 is 18.3 Å². The van der Waals surface area contributed by atoms with Gasteiger partial charge in [-0.3, -0.25) is 4.79 Å². The lowest BCUT2D eigenvalue weighted by Crippen LogP contribution is -2.61. The van der Waals surface area contributed by atoms with Crippen LogP contribution in [-0.2, 0) is 9.84 Å². The minimum absolute atomic E-state index is 0.133.